The predicted octanol–water partition coefficient (Wildman–Crippen LogP) is 6.61. The standard InChI is InChI=1S/C21H16NO.C5H8O2.Ir/c1-14-10-15(2)12-17(11-14)21-13-19-20(23-21)9-8-18(22-19)16-6-4-3-5-7-16;1-4(6)3-5(2)7;/h3-6,8-13H,1-2H3;3,6H,1-2H3;/q-1;;/b;4-3-;. The molecule has 0 aliphatic rings. The molecule has 0 atom stereocenters. The van der Waals surface area contributed by atoms with Crippen LogP contribution in [0.1, 0.15) is 25.0 Å². The van der Waals surface area contributed by atoms with E-state index in [2.05, 4.69) is 38.1 Å². The number of ketones is 1. The zero-order valence-electron chi connectivity index (χ0n) is 17.9. The maximum atomic E-state index is 10.0. The van der Waals surface area contributed by atoms with Crippen LogP contribution in [0.4, 0.5) is 0 Å². The molecule has 0 aliphatic heterocycles. The molecule has 0 amide bonds. The number of nitrogens with zero attached hydrogens (tertiary/aromatic N) is 1. The van der Waals surface area contributed by atoms with Gasteiger partial charge in [0.15, 0.2) is 11.4 Å². The van der Waals surface area contributed by atoms with Crippen molar-refractivity contribution < 1.29 is 34.4 Å². The van der Waals surface area contributed by atoms with Crippen LogP contribution in [0.15, 0.2) is 76.9 Å². The number of pyridine rings is 1. The second-order valence-corrected chi connectivity index (χ2v) is 7.24. The van der Waals surface area contributed by atoms with Crippen molar-refractivity contribution in [2.75, 3.05) is 0 Å². The van der Waals surface area contributed by atoms with Gasteiger partial charge in [-0.3, -0.25) is 9.78 Å². The number of benzene rings is 2. The summed E-state index contributed by atoms with van der Waals surface area (Å²) in [6, 6.07) is 23.5. The third-order valence-electron chi connectivity index (χ3n) is 4.28. The Morgan fingerprint density at radius 1 is 1.03 bits per heavy atom. The first-order valence-electron chi connectivity index (χ1n) is 9.66. The molecule has 4 rings (SSSR count). The molecule has 161 valence electrons. The number of carbonyl (C=O) groups is 1. The molecule has 31 heavy (non-hydrogen) atoms. The smallest absolute Gasteiger partial charge is 0.155 e. The Bertz CT molecular complexity index is 1190. The van der Waals surface area contributed by atoms with Crippen LogP contribution >= 0.6 is 0 Å². The van der Waals surface area contributed by atoms with Crippen molar-refractivity contribution in [1.82, 2.24) is 4.98 Å². The largest absolute Gasteiger partial charge is 0.512 e. The van der Waals surface area contributed by atoms with Crippen LogP contribution in [-0.4, -0.2) is 15.9 Å². The monoisotopic (exact) mass is 591 g/mol. The molecule has 1 N–H and O–H groups in total. The van der Waals surface area contributed by atoms with Crippen molar-refractivity contribution >= 4 is 16.9 Å². The van der Waals surface area contributed by atoms with Gasteiger partial charge >= 0.3 is 0 Å². The summed E-state index contributed by atoms with van der Waals surface area (Å²) in [5.74, 6) is 0.793. The van der Waals surface area contributed by atoms with Gasteiger partial charge in [-0.25, -0.2) is 0 Å². The van der Waals surface area contributed by atoms with Gasteiger partial charge in [0.05, 0.1) is 11.3 Å². The number of carbonyl (C=O) groups excluding carboxylic acids is 1. The van der Waals surface area contributed by atoms with Crippen molar-refractivity contribution in [1.29, 1.82) is 0 Å². The van der Waals surface area contributed by atoms with E-state index in [1.807, 2.05) is 42.5 Å². The van der Waals surface area contributed by atoms with Gasteiger partial charge in [-0.15, -0.1) is 35.9 Å². The summed E-state index contributed by atoms with van der Waals surface area (Å²) in [4.78, 5) is 14.7. The van der Waals surface area contributed by atoms with E-state index in [-0.39, 0.29) is 31.6 Å². The number of aryl methyl sites for hydroxylation is 2. The van der Waals surface area contributed by atoms with E-state index >= 15 is 0 Å². The molecule has 0 unspecified atom stereocenters. The van der Waals surface area contributed by atoms with Crippen molar-refractivity contribution in [3.05, 3.63) is 89.7 Å². The van der Waals surface area contributed by atoms with E-state index in [0.29, 0.717) is 0 Å². The first-order chi connectivity index (χ1) is 14.3. The number of allylic oxidation sites excluding steroid dienone is 2. The number of fused-ring (bicyclic) bond motifs is 1. The Kier molecular flexibility index (Phi) is 8.49. The summed E-state index contributed by atoms with van der Waals surface area (Å²) in [5, 5.41) is 8.36. The number of aliphatic hydroxyl groups is 1. The second-order valence-electron chi connectivity index (χ2n) is 7.24. The Morgan fingerprint density at radius 2 is 1.74 bits per heavy atom. The molecule has 5 heteroatoms. The fourth-order valence-electron chi connectivity index (χ4n) is 3.18. The Labute approximate surface area is 196 Å². The maximum absolute atomic E-state index is 10.0. The van der Waals surface area contributed by atoms with Crippen LogP contribution in [0, 0.1) is 19.9 Å². The van der Waals surface area contributed by atoms with Gasteiger partial charge in [0, 0.05) is 37.8 Å². The second kappa shape index (κ2) is 10.9. The Morgan fingerprint density at radius 3 is 2.29 bits per heavy atom. The van der Waals surface area contributed by atoms with Gasteiger partial charge in [0.2, 0.25) is 0 Å². The molecular weight excluding hydrogens is 567 g/mol. The Hall–Kier alpha value is -3.01. The van der Waals surface area contributed by atoms with Gasteiger partial charge in [-0.2, -0.15) is 0 Å². The summed E-state index contributed by atoms with van der Waals surface area (Å²) in [6.45, 7) is 7.04. The van der Waals surface area contributed by atoms with E-state index in [9.17, 15) is 4.79 Å². The Balaban J connectivity index is 0.000000373. The zero-order chi connectivity index (χ0) is 21.7. The first kappa shape index (κ1) is 24.3. The molecule has 4 nitrogen and oxygen atoms in total. The van der Waals surface area contributed by atoms with Gasteiger partial charge < -0.3 is 9.52 Å². The molecule has 4 aromatic rings. The van der Waals surface area contributed by atoms with Crippen LogP contribution < -0.4 is 0 Å². The quantitative estimate of drug-likeness (QED) is 0.166. The molecule has 0 bridgehead atoms. The number of aliphatic hydroxyl groups excluding tert-OH is 1. The van der Waals surface area contributed by atoms with Crippen molar-refractivity contribution in [2.45, 2.75) is 27.7 Å². The van der Waals surface area contributed by atoms with Crippen molar-refractivity contribution in [3.63, 3.8) is 0 Å². The topological polar surface area (TPSA) is 63.3 Å². The summed E-state index contributed by atoms with van der Waals surface area (Å²) in [5.41, 5.74) is 7.12. The van der Waals surface area contributed by atoms with Crippen molar-refractivity contribution in [3.8, 4) is 22.6 Å². The zero-order valence-corrected chi connectivity index (χ0v) is 20.3. The summed E-state index contributed by atoms with van der Waals surface area (Å²) in [6.07, 6.45) is 1.17. The summed E-state index contributed by atoms with van der Waals surface area (Å²) < 4.78 is 5.98. The van der Waals surface area contributed by atoms with Crippen LogP contribution in [0.25, 0.3) is 33.7 Å². The SMILES string of the molecule is CC(=O)/C=C(/C)O.Cc1cc(C)cc(-c2cc3nc(-c4[c-]cccc4)ccc3o2)c1.[Ir]. The summed E-state index contributed by atoms with van der Waals surface area (Å²) in [7, 11) is 0. The molecule has 2 heterocycles. The van der Waals surface area contributed by atoms with E-state index in [4.69, 9.17) is 14.5 Å². The van der Waals surface area contributed by atoms with Gasteiger partial charge in [0.25, 0.3) is 0 Å². The minimum Gasteiger partial charge on any atom is -0.512 e. The maximum Gasteiger partial charge on any atom is 0.155 e. The minimum absolute atomic E-state index is 0. The molecule has 2 aromatic carbocycles. The number of hydrogen-bond donors (Lipinski definition) is 1. The van der Waals surface area contributed by atoms with Crippen LogP contribution in [-0.2, 0) is 24.9 Å². The average Bonchev–Trinajstić information content (AvgIpc) is 3.11. The molecule has 0 saturated heterocycles. The minimum atomic E-state index is -0.125. The van der Waals surface area contributed by atoms with Crippen LogP contribution in [0.2, 0.25) is 0 Å². The van der Waals surface area contributed by atoms with Crippen LogP contribution in [0.3, 0.4) is 0 Å². The molecule has 1 radical (unpaired) electrons. The van der Waals surface area contributed by atoms with E-state index in [1.165, 1.54) is 31.1 Å². The van der Waals surface area contributed by atoms with Gasteiger partial charge in [0.1, 0.15) is 5.76 Å². The molecule has 0 aliphatic carbocycles. The van der Waals surface area contributed by atoms with E-state index in [1.54, 1.807) is 0 Å². The fourth-order valence-corrected chi connectivity index (χ4v) is 3.18. The fraction of sp³-hybridized carbons (Fsp3) is 0.154. The molecule has 0 fully saturated rings. The molecular formula is C26H24IrNO3-. The van der Waals surface area contributed by atoms with Crippen molar-refractivity contribution in [2.24, 2.45) is 0 Å². The number of aromatic nitrogens is 1. The average molecular weight is 591 g/mol. The predicted molar refractivity (Wildman–Crippen MR) is 120 cm³/mol. The summed E-state index contributed by atoms with van der Waals surface area (Å²) >= 11 is 0. The van der Waals surface area contributed by atoms with E-state index in [0.717, 1.165) is 33.7 Å². The first-order valence-corrected chi connectivity index (χ1v) is 9.66. The molecule has 2 aromatic heterocycles. The van der Waals surface area contributed by atoms with Gasteiger partial charge in [-0.1, -0.05) is 23.3 Å². The third-order valence-corrected chi connectivity index (χ3v) is 4.28. The molecule has 0 spiro atoms. The van der Waals surface area contributed by atoms with E-state index < -0.39 is 0 Å². The number of furan rings is 1. The normalized spacial score (nSPS) is 10.8. The van der Waals surface area contributed by atoms with Gasteiger partial charge in [-0.05, 0) is 51.6 Å². The number of rotatable bonds is 3. The van der Waals surface area contributed by atoms with Crippen LogP contribution in [0.5, 0.6) is 0 Å². The third kappa shape index (κ3) is 6.74. The number of hydrogen-bond acceptors (Lipinski definition) is 4. The molecule has 0 saturated carbocycles.